The van der Waals surface area contributed by atoms with E-state index < -0.39 is 0 Å². The van der Waals surface area contributed by atoms with Crippen molar-refractivity contribution in [3.8, 4) is 11.5 Å². The second-order valence-electron chi connectivity index (χ2n) is 8.40. The number of piperazine rings is 1. The molecule has 0 radical (unpaired) electrons. The Morgan fingerprint density at radius 2 is 1.64 bits per heavy atom. The normalized spacial score (nSPS) is 14.3. The van der Waals surface area contributed by atoms with E-state index in [9.17, 15) is 9.59 Å². The van der Waals surface area contributed by atoms with Crippen molar-refractivity contribution < 1.29 is 14.0 Å². The zero-order valence-electron chi connectivity index (χ0n) is 18.6. The number of benzene rings is 1. The van der Waals surface area contributed by atoms with Crippen molar-refractivity contribution in [2.24, 2.45) is 0 Å². The third-order valence-corrected chi connectivity index (χ3v) is 5.93. The minimum atomic E-state index is -0.0923. The van der Waals surface area contributed by atoms with Gasteiger partial charge in [-0.15, -0.1) is 0 Å². The maximum atomic E-state index is 13.6. The lowest BCUT2D eigenvalue weighted by Gasteiger charge is -2.35. The average molecular weight is 444 g/mol. The van der Waals surface area contributed by atoms with Gasteiger partial charge in [0.2, 0.25) is 0 Å². The lowest BCUT2D eigenvalue weighted by molar-refractivity contribution is 0.0536. The lowest BCUT2D eigenvalue weighted by atomic mass is 10.1. The zero-order valence-corrected chi connectivity index (χ0v) is 18.6. The third kappa shape index (κ3) is 3.88. The lowest BCUT2D eigenvalue weighted by Crippen LogP contribution is -2.50. The molecule has 0 bridgehead atoms. The van der Waals surface area contributed by atoms with E-state index in [2.05, 4.69) is 5.10 Å². The topological polar surface area (TPSA) is 84.5 Å². The number of hydrogen-bond donors (Lipinski definition) is 0. The Kier molecular flexibility index (Phi) is 5.42. The predicted molar refractivity (Wildman–Crippen MR) is 124 cm³/mol. The van der Waals surface area contributed by atoms with Crippen molar-refractivity contribution in [1.82, 2.24) is 24.6 Å². The number of pyridine rings is 1. The van der Waals surface area contributed by atoms with Gasteiger partial charge in [0.15, 0.2) is 11.4 Å². The van der Waals surface area contributed by atoms with Crippen molar-refractivity contribution >= 4 is 22.8 Å². The average Bonchev–Trinajstić information content (AvgIpc) is 3.53. The number of amides is 2. The van der Waals surface area contributed by atoms with Crippen LogP contribution in [0, 0.1) is 0 Å². The van der Waals surface area contributed by atoms with E-state index in [1.807, 2.05) is 54.9 Å². The Morgan fingerprint density at radius 1 is 0.939 bits per heavy atom. The quantitative estimate of drug-likeness (QED) is 0.478. The molecular formula is C25H25N5O3. The van der Waals surface area contributed by atoms with Crippen LogP contribution in [0.3, 0.4) is 0 Å². The SMILES string of the molecule is CC(C)n1ncc2c(C(=O)N3CCN(C(=O)c4ccccc4)CC3)cc(-c3ccco3)nc21. The molecule has 0 atom stereocenters. The monoisotopic (exact) mass is 443 g/mol. The molecule has 1 aromatic carbocycles. The highest BCUT2D eigenvalue weighted by molar-refractivity contribution is 6.06. The molecular weight excluding hydrogens is 418 g/mol. The van der Waals surface area contributed by atoms with Gasteiger partial charge in [0.25, 0.3) is 11.8 Å². The number of furan rings is 1. The highest BCUT2D eigenvalue weighted by Gasteiger charge is 2.28. The third-order valence-electron chi connectivity index (χ3n) is 5.93. The van der Waals surface area contributed by atoms with E-state index in [0.717, 1.165) is 0 Å². The number of nitrogens with zero attached hydrogens (tertiary/aromatic N) is 5. The largest absolute Gasteiger partial charge is 0.463 e. The first-order valence-electron chi connectivity index (χ1n) is 11.1. The summed E-state index contributed by atoms with van der Waals surface area (Å²) in [5, 5.41) is 5.19. The number of carbonyl (C=O) groups excluding carboxylic acids is 2. The standard InChI is InChI=1S/C25H25N5O3/c1-17(2)30-23-20(16-26-30)19(15-21(27-23)22-9-6-14-33-22)25(32)29-12-10-28(11-13-29)24(31)18-7-4-3-5-8-18/h3-9,14-17H,10-13H2,1-2H3. The van der Waals surface area contributed by atoms with E-state index in [-0.39, 0.29) is 17.9 Å². The second-order valence-corrected chi connectivity index (χ2v) is 8.40. The first kappa shape index (κ1) is 20.9. The van der Waals surface area contributed by atoms with Crippen LogP contribution in [0.15, 0.2) is 65.4 Å². The van der Waals surface area contributed by atoms with E-state index in [1.54, 1.807) is 34.4 Å². The van der Waals surface area contributed by atoms with Gasteiger partial charge in [0.1, 0.15) is 5.69 Å². The maximum Gasteiger partial charge on any atom is 0.254 e. The molecule has 0 unspecified atom stereocenters. The highest BCUT2D eigenvalue weighted by atomic mass is 16.3. The molecule has 168 valence electrons. The summed E-state index contributed by atoms with van der Waals surface area (Å²) in [6.07, 6.45) is 3.29. The number of carbonyl (C=O) groups is 2. The van der Waals surface area contributed by atoms with E-state index in [1.165, 1.54) is 0 Å². The Morgan fingerprint density at radius 3 is 2.27 bits per heavy atom. The molecule has 4 aromatic rings. The minimum Gasteiger partial charge on any atom is -0.463 e. The van der Waals surface area contributed by atoms with Crippen LogP contribution < -0.4 is 0 Å². The second kappa shape index (κ2) is 8.54. The Bertz CT molecular complexity index is 1290. The van der Waals surface area contributed by atoms with Crippen molar-refractivity contribution in [1.29, 1.82) is 0 Å². The summed E-state index contributed by atoms with van der Waals surface area (Å²) < 4.78 is 7.36. The van der Waals surface area contributed by atoms with Crippen LogP contribution in [0.4, 0.5) is 0 Å². The summed E-state index contributed by atoms with van der Waals surface area (Å²) in [5.74, 6) is 0.498. The molecule has 4 heterocycles. The molecule has 0 N–H and O–H groups in total. The number of fused-ring (bicyclic) bond motifs is 1. The van der Waals surface area contributed by atoms with Gasteiger partial charge in [-0.25, -0.2) is 9.67 Å². The Balaban J connectivity index is 1.42. The number of hydrogen-bond acceptors (Lipinski definition) is 5. The summed E-state index contributed by atoms with van der Waals surface area (Å²) in [7, 11) is 0. The molecule has 3 aromatic heterocycles. The molecule has 1 aliphatic rings. The van der Waals surface area contributed by atoms with Crippen molar-refractivity contribution in [3.63, 3.8) is 0 Å². The van der Waals surface area contributed by atoms with Gasteiger partial charge in [0.05, 0.1) is 23.4 Å². The molecule has 33 heavy (non-hydrogen) atoms. The molecule has 2 amide bonds. The van der Waals surface area contributed by atoms with Crippen molar-refractivity contribution in [3.05, 3.63) is 72.1 Å². The van der Waals surface area contributed by atoms with Gasteiger partial charge < -0.3 is 14.2 Å². The van der Waals surface area contributed by atoms with Gasteiger partial charge >= 0.3 is 0 Å². The Hall–Kier alpha value is -3.94. The summed E-state index contributed by atoms with van der Waals surface area (Å²) in [6.45, 7) is 5.97. The fourth-order valence-corrected chi connectivity index (χ4v) is 4.17. The highest BCUT2D eigenvalue weighted by Crippen LogP contribution is 2.28. The molecule has 0 saturated carbocycles. The summed E-state index contributed by atoms with van der Waals surface area (Å²) in [6, 6.07) is 14.7. The van der Waals surface area contributed by atoms with Crippen LogP contribution in [0.2, 0.25) is 0 Å². The molecule has 5 rings (SSSR count). The van der Waals surface area contributed by atoms with Crippen LogP contribution in [-0.2, 0) is 0 Å². The Labute approximate surface area is 191 Å². The first-order valence-corrected chi connectivity index (χ1v) is 11.1. The summed E-state index contributed by atoms with van der Waals surface area (Å²) >= 11 is 0. The van der Waals surface area contributed by atoms with Gasteiger partial charge in [-0.2, -0.15) is 5.10 Å². The van der Waals surface area contributed by atoms with Crippen LogP contribution in [0.1, 0.15) is 40.6 Å². The molecule has 0 aliphatic carbocycles. The molecule has 8 heteroatoms. The minimum absolute atomic E-state index is 0.00711. The van der Waals surface area contributed by atoms with Gasteiger partial charge in [-0.05, 0) is 44.2 Å². The molecule has 1 saturated heterocycles. The van der Waals surface area contributed by atoms with E-state index >= 15 is 0 Å². The first-order chi connectivity index (χ1) is 16.0. The van der Waals surface area contributed by atoms with Crippen LogP contribution in [-0.4, -0.2) is 62.6 Å². The van der Waals surface area contributed by atoms with Crippen LogP contribution in [0.5, 0.6) is 0 Å². The molecule has 1 fully saturated rings. The molecule has 0 spiro atoms. The molecule has 8 nitrogen and oxygen atoms in total. The van der Waals surface area contributed by atoms with Crippen molar-refractivity contribution in [2.75, 3.05) is 26.2 Å². The zero-order chi connectivity index (χ0) is 22.9. The maximum absolute atomic E-state index is 13.6. The van der Waals surface area contributed by atoms with Crippen LogP contribution >= 0.6 is 0 Å². The molecule has 1 aliphatic heterocycles. The van der Waals surface area contributed by atoms with Gasteiger partial charge in [0, 0.05) is 37.8 Å². The fraction of sp³-hybridized carbons (Fsp3) is 0.280. The number of rotatable bonds is 4. The van der Waals surface area contributed by atoms with Crippen LogP contribution in [0.25, 0.3) is 22.5 Å². The smallest absolute Gasteiger partial charge is 0.254 e. The summed E-state index contributed by atoms with van der Waals surface area (Å²) in [5.41, 5.74) is 2.45. The van der Waals surface area contributed by atoms with E-state index in [0.29, 0.717) is 59.8 Å². The summed E-state index contributed by atoms with van der Waals surface area (Å²) in [4.78, 5) is 34.7. The number of aromatic nitrogens is 3. The predicted octanol–water partition coefficient (Wildman–Crippen LogP) is 3.87. The van der Waals surface area contributed by atoms with Gasteiger partial charge in [-0.3, -0.25) is 9.59 Å². The van der Waals surface area contributed by atoms with Crippen molar-refractivity contribution in [2.45, 2.75) is 19.9 Å². The fourth-order valence-electron chi connectivity index (χ4n) is 4.17. The van der Waals surface area contributed by atoms with Gasteiger partial charge in [-0.1, -0.05) is 18.2 Å². The van der Waals surface area contributed by atoms with E-state index in [4.69, 9.17) is 9.40 Å².